The van der Waals surface area contributed by atoms with Gasteiger partial charge in [0.05, 0.1) is 23.6 Å². The summed E-state index contributed by atoms with van der Waals surface area (Å²) >= 11 is 0. The van der Waals surface area contributed by atoms with E-state index in [-0.39, 0.29) is 11.8 Å². The maximum absolute atomic E-state index is 11.8. The van der Waals surface area contributed by atoms with Crippen molar-refractivity contribution in [2.24, 2.45) is 11.7 Å². The summed E-state index contributed by atoms with van der Waals surface area (Å²) in [5, 5.41) is 2.80. The first kappa shape index (κ1) is 13.4. The second-order valence-corrected chi connectivity index (χ2v) is 4.55. The highest BCUT2D eigenvalue weighted by Crippen LogP contribution is 2.22. The number of nitrogens with zero attached hydrogens (tertiary/aromatic N) is 2. The van der Waals surface area contributed by atoms with Crippen molar-refractivity contribution in [3.63, 3.8) is 0 Å². The van der Waals surface area contributed by atoms with Crippen molar-refractivity contribution in [1.29, 1.82) is 0 Å². The summed E-state index contributed by atoms with van der Waals surface area (Å²) in [5.41, 5.74) is 7.37. The quantitative estimate of drug-likeness (QED) is 0.820. The zero-order valence-corrected chi connectivity index (χ0v) is 10.8. The Morgan fingerprint density at radius 2 is 2.12 bits per heavy atom. The van der Waals surface area contributed by atoms with Gasteiger partial charge in [0.25, 0.3) is 0 Å². The molecule has 1 aromatic rings. The first-order valence-corrected chi connectivity index (χ1v) is 5.61. The lowest BCUT2D eigenvalue weighted by Crippen LogP contribution is -2.40. The van der Waals surface area contributed by atoms with E-state index in [0.717, 1.165) is 5.69 Å². The zero-order chi connectivity index (χ0) is 13.0. The number of aromatic nitrogens is 1. The van der Waals surface area contributed by atoms with Gasteiger partial charge in [-0.15, -0.1) is 0 Å². The van der Waals surface area contributed by atoms with Crippen molar-refractivity contribution >= 4 is 17.3 Å². The van der Waals surface area contributed by atoms with Crippen LogP contribution in [0, 0.1) is 5.92 Å². The van der Waals surface area contributed by atoms with E-state index in [2.05, 4.69) is 10.3 Å². The van der Waals surface area contributed by atoms with Gasteiger partial charge in [-0.2, -0.15) is 0 Å². The van der Waals surface area contributed by atoms with Crippen LogP contribution in [-0.2, 0) is 4.79 Å². The molecular formula is C12H20N4O. The summed E-state index contributed by atoms with van der Waals surface area (Å²) in [6.45, 7) is 3.83. The molecule has 1 aromatic heterocycles. The molecule has 0 saturated carbocycles. The van der Waals surface area contributed by atoms with Crippen LogP contribution in [0.5, 0.6) is 0 Å². The Morgan fingerprint density at radius 3 is 2.65 bits per heavy atom. The van der Waals surface area contributed by atoms with Gasteiger partial charge in [-0.1, -0.05) is 13.8 Å². The average molecular weight is 236 g/mol. The van der Waals surface area contributed by atoms with E-state index in [0.29, 0.717) is 5.69 Å². The van der Waals surface area contributed by atoms with Crippen LogP contribution in [-0.4, -0.2) is 31.0 Å². The molecule has 5 nitrogen and oxygen atoms in total. The minimum absolute atomic E-state index is 0.106. The van der Waals surface area contributed by atoms with Gasteiger partial charge >= 0.3 is 0 Å². The Bertz CT molecular complexity index is 390. The van der Waals surface area contributed by atoms with Crippen molar-refractivity contribution in [1.82, 2.24) is 4.98 Å². The van der Waals surface area contributed by atoms with Crippen LogP contribution >= 0.6 is 0 Å². The Hall–Kier alpha value is -1.62. The molecule has 1 rings (SSSR count). The average Bonchev–Trinajstić information content (AvgIpc) is 2.28. The van der Waals surface area contributed by atoms with Gasteiger partial charge in [-0.3, -0.25) is 9.78 Å². The lowest BCUT2D eigenvalue weighted by atomic mass is 10.0. The van der Waals surface area contributed by atoms with Crippen molar-refractivity contribution < 1.29 is 4.79 Å². The van der Waals surface area contributed by atoms with Crippen LogP contribution in [0.25, 0.3) is 0 Å². The molecule has 0 fully saturated rings. The fraction of sp³-hybridized carbons (Fsp3) is 0.500. The van der Waals surface area contributed by atoms with E-state index in [1.165, 1.54) is 0 Å². The van der Waals surface area contributed by atoms with Crippen LogP contribution < -0.4 is 16.0 Å². The molecule has 0 aliphatic carbocycles. The number of carbonyl (C=O) groups excluding carboxylic acids is 1. The summed E-state index contributed by atoms with van der Waals surface area (Å²) in [7, 11) is 3.82. The molecule has 1 heterocycles. The third kappa shape index (κ3) is 3.42. The number of amides is 1. The second-order valence-electron chi connectivity index (χ2n) is 4.55. The van der Waals surface area contributed by atoms with E-state index in [1.54, 1.807) is 12.4 Å². The van der Waals surface area contributed by atoms with Crippen LogP contribution in [0.3, 0.4) is 0 Å². The van der Waals surface area contributed by atoms with Gasteiger partial charge in [0.1, 0.15) is 0 Å². The van der Waals surface area contributed by atoms with Gasteiger partial charge in [-0.05, 0) is 12.0 Å². The lowest BCUT2D eigenvalue weighted by Gasteiger charge is -2.20. The molecule has 1 amide bonds. The molecule has 1 atom stereocenters. The fourth-order valence-electron chi connectivity index (χ4n) is 1.39. The van der Waals surface area contributed by atoms with E-state index < -0.39 is 6.04 Å². The Balaban J connectivity index is 2.85. The standard InChI is InChI=1S/C12H20N4O/c1-8(2)11(13)12(17)15-9-7-14-6-5-10(9)16(3)4/h5-8,11H,13H2,1-4H3,(H,15,17). The molecule has 5 heteroatoms. The minimum Gasteiger partial charge on any atom is -0.376 e. The number of pyridine rings is 1. The molecule has 1 unspecified atom stereocenters. The SMILES string of the molecule is CC(C)C(N)C(=O)Nc1cnccc1N(C)C. The summed E-state index contributed by atoms with van der Waals surface area (Å²) < 4.78 is 0. The maximum Gasteiger partial charge on any atom is 0.241 e. The predicted octanol–water partition coefficient (Wildman–Crippen LogP) is 1.07. The monoisotopic (exact) mass is 236 g/mol. The Morgan fingerprint density at radius 1 is 1.47 bits per heavy atom. The molecule has 0 saturated heterocycles. The van der Waals surface area contributed by atoms with Gasteiger partial charge in [0.2, 0.25) is 5.91 Å². The molecule has 0 radical (unpaired) electrons. The summed E-state index contributed by atoms with van der Waals surface area (Å²) in [6.07, 6.45) is 3.31. The minimum atomic E-state index is -0.509. The molecule has 0 bridgehead atoms. The molecule has 0 spiro atoms. The fourth-order valence-corrected chi connectivity index (χ4v) is 1.39. The highest BCUT2D eigenvalue weighted by atomic mass is 16.2. The lowest BCUT2D eigenvalue weighted by molar-refractivity contribution is -0.118. The van der Waals surface area contributed by atoms with E-state index in [1.807, 2.05) is 38.9 Å². The highest BCUT2D eigenvalue weighted by molar-refractivity contribution is 5.97. The van der Waals surface area contributed by atoms with Crippen molar-refractivity contribution in [3.8, 4) is 0 Å². The van der Waals surface area contributed by atoms with E-state index >= 15 is 0 Å². The van der Waals surface area contributed by atoms with Crippen LogP contribution in [0.15, 0.2) is 18.5 Å². The Kier molecular flexibility index (Phi) is 4.45. The van der Waals surface area contributed by atoms with E-state index in [9.17, 15) is 4.79 Å². The van der Waals surface area contributed by atoms with Gasteiger partial charge in [0.15, 0.2) is 0 Å². The van der Waals surface area contributed by atoms with Crippen molar-refractivity contribution in [3.05, 3.63) is 18.5 Å². The topological polar surface area (TPSA) is 71.2 Å². The molecule has 17 heavy (non-hydrogen) atoms. The van der Waals surface area contributed by atoms with Gasteiger partial charge in [0, 0.05) is 20.3 Å². The largest absolute Gasteiger partial charge is 0.376 e. The first-order chi connectivity index (χ1) is 7.93. The predicted molar refractivity (Wildman–Crippen MR) is 70.0 cm³/mol. The Labute approximate surface area is 102 Å². The molecule has 0 aliphatic heterocycles. The summed E-state index contributed by atoms with van der Waals surface area (Å²) in [6, 6.07) is 1.33. The molecule has 0 aromatic carbocycles. The van der Waals surface area contributed by atoms with Crippen molar-refractivity contribution in [2.45, 2.75) is 19.9 Å². The number of carbonyl (C=O) groups is 1. The smallest absolute Gasteiger partial charge is 0.241 e. The molecular weight excluding hydrogens is 216 g/mol. The highest BCUT2D eigenvalue weighted by Gasteiger charge is 2.18. The first-order valence-electron chi connectivity index (χ1n) is 5.61. The third-order valence-electron chi connectivity index (χ3n) is 2.56. The molecule has 94 valence electrons. The van der Waals surface area contributed by atoms with Crippen molar-refractivity contribution in [2.75, 3.05) is 24.3 Å². The maximum atomic E-state index is 11.8. The van der Waals surface area contributed by atoms with Crippen LogP contribution in [0.2, 0.25) is 0 Å². The molecule has 0 aliphatic rings. The van der Waals surface area contributed by atoms with Crippen LogP contribution in [0.4, 0.5) is 11.4 Å². The number of hydrogen-bond acceptors (Lipinski definition) is 4. The summed E-state index contributed by atoms with van der Waals surface area (Å²) in [5.74, 6) is -0.0782. The zero-order valence-electron chi connectivity index (χ0n) is 10.8. The van der Waals surface area contributed by atoms with Gasteiger partial charge < -0.3 is 16.0 Å². The van der Waals surface area contributed by atoms with E-state index in [4.69, 9.17) is 5.73 Å². The third-order valence-corrected chi connectivity index (χ3v) is 2.56. The summed E-state index contributed by atoms with van der Waals surface area (Å²) in [4.78, 5) is 17.8. The number of rotatable bonds is 4. The number of nitrogens with one attached hydrogen (secondary N) is 1. The second kappa shape index (κ2) is 5.63. The number of nitrogens with two attached hydrogens (primary N) is 1. The number of anilines is 2. The molecule has 3 N–H and O–H groups in total. The van der Waals surface area contributed by atoms with Crippen LogP contribution in [0.1, 0.15) is 13.8 Å². The normalized spacial score (nSPS) is 12.4. The number of hydrogen-bond donors (Lipinski definition) is 2. The van der Waals surface area contributed by atoms with Gasteiger partial charge in [-0.25, -0.2) is 0 Å².